The predicted octanol–water partition coefficient (Wildman–Crippen LogP) is 3.13. The molecular formula is C24H39N5O2. The molecule has 1 unspecified atom stereocenters. The Labute approximate surface area is 187 Å². The van der Waals surface area contributed by atoms with Gasteiger partial charge in [0.25, 0.3) is 5.91 Å². The van der Waals surface area contributed by atoms with Crippen molar-refractivity contribution in [3.8, 4) is 0 Å². The minimum atomic E-state index is -0.319. The molecule has 2 fully saturated rings. The van der Waals surface area contributed by atoms with Gasteiger partial charge in [0.1, 0.15) is 6.10 Å². The van der Waals surface area contributed by atoms with Gasteiger partial charge in [0.2, 0.25) is 0 Å². The Bertz CT molecular complexity index is 695. The van der Waals surface area contributed by atoms with Crippen LogP contribution >= 0.6 is 0 Å². The zero-order chi connectivity index (χ0) is 21.7. The number of nitrogens with one attached hydrogen (secondary N) is 3. The van der Waals surface area contributed by atoms with Crippen molar-refractivity contribution in [1.82, 2.24) is 15.5 Å². The number of nitrogens with zero attached hydrogens (tertiary/aromatic N) is 2. The molecule has 7 heteroatoms. The van der Waals surface area contributed by atoms with Gasteiger partial charge in [-0.15, -0.1) is 0 Å². The lowest BCUT2D eigenvalue weighted by molar-refractivity contribution is -0.124. The van der Waals surface area contributed by atoms with Crippen molar-refractivity contribution in [2.24, 2.45) is 4.99 Å². The number of hydrogen-bond donors (Lipinski definition) is 3. The van der Waals surface area contributed by atoms with E-state index in [1.54, 1.807) is 0 Å². The summed E-state index contributed by atoms with van der Waals surface area (Å²) in [5.74, 6) is 0.782. The Morgan fingerprint density at radius 2 is 2.00 bits per heavy atom. The summed E-state index contributed by atoms with van der Waals surface area (Å²) in [4.78, 5) is 19.6. The molecule has 0 radical (unpaired) electrons. The van der Waals surface area contributed by atoms with Crippen LogP contribution in [0.25, 0.3) is 0 Å². The van der Waals surface area contributed by atoms with Gasteiger partial charge in [-0.3, -0.25) is 4.79 Å². The SMILES string of the molecule is CCNC(=NCc1cccc(NC(=O)C2CCCO2)c1)NCCCN1CCCCCC1. The van der Waals surface area contributed by atoms with Gasteiger partial charge in [0.15, 0.2) is 5.96 Å². The van der Waals surface area contributed by atoms with E-state index in [-0.39, 0.29) is 12.0 Å². The van der Waals surface area contributed by atoms with E-state index in [1.807, 2.05) is 24.3 Å². The van der Waals surface area contributed by atoms with Crippen molar-refractivity contribution in [2.45, 2.75) is 64.5 Å². The van der Waals surface area contributed by atoms with Crippen LogP contribution in [0.4, 0.5) is 5.69 Å². The second-order valence-electron chi connectivity index (χ2n) is 8.42. The number of benzene rings is 1. The maximum Gasteiger partial charge on any atom is 0.253 e. The van der Waals surface area contributed by atoms with Gasteiger partial charge in [0, 0.05) is 25.4 Å². The van der Waals surface area contributed by atoms with Crippen LogP contribution in [0.5, 0.6) is 0 Å². The van der Waals surface area contributed by atoms with Crippen molar-refractivity contribution in [1.29, 1.82) is 0 Å². The highest BCUT2D eigenvalue weighted by molar-refractivity contribution is 5.94. The van der Waals surface area contributed by atoms with E-state index in [4.69, 9.17) is 9.73 Å². The van der Waals surface area contributed by atoms with Crippen LogP contribution in [-0.4, -0.2) is 62.2 Å². The maximum absolute atomic E-state index is 12.3. The van der Waals surface area contributed by atoms with Gasteiger partial charge in [-0.1, -0.05) is 25.0 Å². The van der Waals surface area contributed by atoms with E-state index < -0.39 is 0 Å². The Hall–Kier alpha value is -2.12. The zero-order valence-electron chi connectivity index (χ0n) is 19.0. The number of rotatable bonds is 9. The molecule has 0 spiro atoms. The van der Waals surface area contributed by atoms with Gasteiger partial charge in [0.05, 0.1) is 6.54 Å². The lowest BCUT2D eigenvalue weighted by Gasteiger charge is -2.20. The minimum absolute atomic E-state index is 0.0578. The third kappa shape index (κ3) is 8.50. The average Bonchev–Trinajstić information content (AvgIpc) is 3.20. The molecule has 0 saturated carbocycles. The molecule has 31 heavy (non-hydrogen) atoms. The fourth-order valence-electron chi connectivity index (χ4n) is 4.14. The molecule has 1 amide bonds. The normalized spacial score (nSPS) is 20.3. The number of amides is 1. The lowest BCUT2D eigenvalue weighted by atomic mass is 10.2. The summed E-state index contributed by atoms with van der Waals surface area (Å²) in [6.07, 6.45) is 7.98. The summed E-state index contributed by atoms with van der Waals surface area (Å²) in [7, 11) is 0. The summed E-state index contributed by atoms with van der Waals surface area (Å²) in [6, 6.07) is 7.89. The lowest BCUT2D eigenvalue weighted by Crippen LogP contribution is -2.39. The zero-order valence-corrected chi connectivity index (χ0v) is 19.0. The Morgan fingerprint density at radius 1 is 1.16 bits per heavy atom. The Kier molecular flexibility index (Phi) is 10.1. The number of ether oxygens (including phenoxy) is 1. The summed E-state index contributed by atoms with van der Waals surface area (Å²) >= 11 is 0. The van der Waals surface area contributed by atoms with Gasteiger partial charge in [-0.25, -0.2) is 4.99 Å². The van der Waals surface area contributed by atoms with Crippen LogP contribution < -0.4 is 16.0 Å². The minimum Gasteiger partial charge on any atom is -0.368 e. The highest BCUT2D eigenvalue weighted by Crippen LogP contribution is 2.16. The molecule has 0 bridgehead atoms. The summed E-state index contributed by atoms with van der Waals surface area (Å²) in [6.45, 7) is 8.70. The highest BCUT2D eigenvalue weighted by atomic mass is 16.5. The number of likely N-dealkylation sites (tertiary alicyclic amines) is 1. The molecule has 1 aromatic rings. The maximum atomic E-state index is 12.3. The van der Waals surface area contributed by atoms with Gasteiger partial charge in [-0.2, -0.15) is 0 Å². The monoisotopic (exact) mass is 429 g/mol. The molecule has 0 aliphatic carbocycles. The first-order valence-electron chi connectivity index (χ1n) is 12.0. The Morgan fingerprint density at radius 3 is 2.74 bits per heavy atom. The molecule has 2 saturated heterocycles. The number of carbonyl (C=O) groups is 1. The number of anilines is 1. The first-order chi connectivity index (χ1) is 15.2. The average molecular weight is 430 g/mol. The van der Waals surface area contributed by atoms with Crippen molar-refractivity contribution in [2.75, 3.05) is 44.6 Å². The smallest absolute Gasteiger partial charge is 0.253 e. The van der Waals surface area contributed by atoms with Crippen LogP contribution in [0.3, 0.4) is 0 Å². The van der Waals surface area contributed by atoms with Gasteiger partial charge >= 0.3 is 0 Å². The van der Waals surface area contributed by atoms with E-state index in [2.05, 4.69) is 27.8 Å². The first-order valence-corrected chi connectivity index (χ1v) is 12.0. The number of hydrogen-bond acceptors (Lipinski definition) is 4. The van der Waals surface area contributed by atoms with Crippen molar-refractivity contribution < 1.29 is 9.53 Å². The van der Waals surface area contributed by atoms with E-state index in [0.29, 0.717) is 13.2 Å². The molecule has 7 nitrogen and oxygen atoms in total. The molecule has 0 aromatic heterocycles. The Balaban J connectivity index is 1.44. The fourth-order valence-corrected chi connectivity index (χ4v) is 4.14. The number of guanidine groups is 1. The molecule has 2 aliphatic rings. The van der Waals surface area contributed by atoms with E-state index >= 15 is 0 Å². The first kappa shape index (κ1) is 23.5. The van der Waals surface area contributed by atoms with Crippen LogP contribution in [-0.2, 0) is 16.1 Å². The summed E-state index contributed by atoms with van der Waals surface area (Å²) < 4.78 is 5.46. The van der Waals surface area contributed by atoms with Gasteiger partial charge in [-0.05, 0) is 76.4 Å². The second kappa shape index (κ2) is 13.3. The third-order valence-corrected chi connectivity index (χ3v) is 5.82. The van der Waals surface area contributed by atoms with Crippen molar-refractivity contribution in [3.05, 3.63) is 29.8 Å². The summed E-state index contributed by atoms with van der Waals surface area (Å²) in [5, 5.41) is 9.75. The molecular weight excluding hydrogens is 390 g/mol. The topological polar surface area (TPSA) is 78.0 Å². The van der Waals surface area contributed by atoms with Gasteiger partial charge < -0.3 is 25.6 Å². The molecule has 3 rings (SSSR count). The van der Waals surface area contributed by atoms with Crippen molar-refractivity contribution >= 4 is 17.6 Å². The standard InChI is InChI=1S/C24H39N5O2/c1-2-25-24(26-13-9-16-29-14-5-3-4-6-15-29)27-19-20-10-7-11-21(18-20)28-23(30)22-12-8-17-31-22/h7,10-11,18,22H,2-6,8-9,12-17,19H2,1H3,(H,28,30)(H2,25,26,27). The molecule has 2 aliphatic heterocycles. The molecule has 1 aromatic carbocycles. The molecule has 172 valence electrons. The largest absolute Gasteiger partial charge is 0.368 e. The summed E-state index contributed by atoms with van der Waals surface area (Å²) in [5.41, 5.74) is 1.86. The van der Waals surface area contributed by atoms with Crippen molar-refractivity contribution in [3.63, 3.8) is 0 Å². The van der Waals surface area contributed by atoms with Crippen LogP contribution in [0.2, 0.25) is 0 Å². The van der Waals surface area contributed by atoms with E-state index in [0.717, 1.165) is 56.1 Å². The molecule has 1 atom stereocenters. The predicted molar refractivity (Wildman–Crippen MR) is 126 cm³/mol. The van der Waals surface area contributed by atoms with Crippen LogP contribution in [0, 0.1) is 0 Å². The fraction of sp³-hybridized carbons (Fsp3) is 0.667. The van der Waals surface area contributed by atoms with E-state index in [1.165, 1.54) is 38.8 Å². The molecule has 2 heterocycles. The number of aliphatic imine (C=N–C) groups is 1. The molecule has 3 N–H and O–H groups in total. The van der Waals surface area contributed by atoms with Crippen LogP contribution in [0.15, 0.2) is 29.3 Å². The second-order valence-corrected chi connectivity index (χ2v) is 8.42. The highest BCUT2D eigenvalue weighted by Gasteiger charge is 2.23. The third-order valence-electron chi connectivity index (χ3n) is 5.82. The quantitative estimate of drug-likeness (QED) is 0.319. The van der Waals surface area contributed by atoms with E-state index in [9.17, 15) is 4.79 Å². The number of carbonyl (C=O) groups excluding carboxylic acids is 1. The van der Waals surface area contributed by atoms with Crippen LogP contribution in [0.1, 0.15) is 57.4 Å².